The molecule has 1 aliphatic carbocycles. The van der Waals surface area contributed by atoms with Crippen LogP contribution in [-0.4, -0.2) is 20.1 Å². The predicted octanol–water partition coefficient (Wildman–Crippen LogP) is 3.90. The molecule has 4 nitrogen and oxygen atoms in total. The van der Waals surface area contributed by atoms with Gasteiger partial charge in [0.15, 0.2) is 0 Å². The molecule has 0 heterocycles. The lowest BCUT2D eigenvalue weighted by Crippen LogP contribution is -2.30. The molecule has 132 valence electrons. The maximum atomic E-state index is 12.4. The van der Waals surface area contributed by atoms with E-state index in [1.165, 1.54) is 12.8 Å². The molecule has 0 aromatic heterocycles. The third-order valence-corrected chi connectivity index (χ3v) is 4.68. The highest BCUT2D eigenvalue weighted by atomic mass is 16.5. The molecule has 0 aliphatic heterocycles. The third-order valence-electron chi connectivity index (χ3n) is 4.68. The number of nitrogens with one attached hydrogen (secondary N) is 1. The molecular formula is C21H25NO3. The Morgan fingerprint density at radius 2 is 1.56 bits per heavy atom. The van der Waals surface area contributed by atoms with Crippen LogP contribution in [0.4, 0.5) is 0 Å². The largest absolute Gasteiger partial charge is 0.497 e. The van der Waals surface area contributed by atoms with E-state index in [1.54, 1.807) is 14.2 Å². The van der Waals surface area contributed by atoms with Crippen molar-refractivity contribution >= 4 is 5.91 Å². The van der Waals surface area contributed by atoms with Crippen LogP contribution in [0.5, 0.6) is 11.5 Å². The van der Waals surface area contributed by atoms with Crippen molar-refractivity contribution in [2.45, 2.75) is 31.7 Å². The first-order valence-electron chi connectivity index (χ1n) is 8.76. The van der Waals surface area contributed by atoms with Crippen molar-refractivity contribution in [2.24, 2.45) is 5.92 Å². The summed E-state index contributed by atoms with van der Waals surface area (Å²) < 4.78 is 10.4. The Bertz CT molecular complexity index is 690. The summed E-state index contributed by atoms with van der Waals surface area (Å²) in [5.74, 6) is 2.33. The quantitative estimate of drug-likeness (QED) is 0.793. The summed E-state index contributed by atoms with van der Waals surface area (Å²) in [7, 11) is 3.31. The number of hydrogen-bond acceptors (Lipinski definition) is 3. The molecular weight excluding hydrogens is 314 g/mol. The number of carbonyl (C=O) groups is 1. The fraction of sp³-hybridized carbons (Fsp3) is 0.381. The van der Waals surface area contributed by atoms with Gasteiger partial charge in [0.2, 0.25) is 5.91 Å². The normalized spacial score (nSPS) is 14.6. The second kappa shape index (κ2) is 8.06. The Kier molecular flexibility index (Phi) is 5.59. The number of rotatable bonds is 8. The molecule has 1 N–H and O–H groups in total. The monoisotopic (exact) mass is 339 g/mol. The Hall–Kier alpha value is -2.49. The molecule has 1 atom stereocenters. The summed E-state index contributed by atoms with van der Waals surface area (Å²) in [4.78, 5) is 12.4. The number of hydrogen-bond donors (Lipinski definition) is 1. The molecule has 0 saturated heterocycles. The van der Waals surface area contributed by atoms with E-state index in [1.807, 2.05) is 48.5 Å². The van der Waals surface area contributed by atoms with E-state index < -0.39 is 0 Å². The maximum absolute atomic E-state index is 12.4. The number of amides is 1. The summed E-state index contributed by atoms with van der Waals surface area (Å²) in [5.41, 5.74) is 2.30. The topological polar surface area (TPSA) is 47.6 Å². The predicted molar refractivity (Wildman–Crippen MR) is 97.9 cm³/mol. The van der Waals surface area contributed by atoms with Crippen molar-refractivity contribution in [1.29, 1.82) is 0 Å². The fourth-order valence-corrected chi connectivity index (χ4v) is 3.01. The summed E-state index contributed by atoms with van der Waals surface area (Å²) in [6.07, 6.45) is 3.58. The van der Waals surface area contributed by atoms with Gasteiger partial charge in [0.25, 0.3) is 0 Å². The van der Waals surface area contributed by atoms with Gasteiger partial charge < -0.3 is 14.8 Å². The van der Waals surface area contributed by atoms with Gasteiger partial charge in [0.05, 0.1) is 20.3 Å². The highest BCUT2D eigenvalue weighted by Crippen LogP contribution is 2.41. The van der Waals surface area contributed by atoms with Crippen LogP contribution in [-0.2, 0) is 11.2 Å². The average molecular weight is 339 g/mol. The van der Waals surface area contributed by atoms with Crippen molar-refractivity contribution in [3.05, 3.63) is 59.7 Å². The van der Waals surface area contributed by atoms with E-state index in [2.05, 4.69) is 5.32 Å². The van der Waals surface area contributed by atoms with Crippen LogP contribution < -0.4 is 14.8 Å². The zero-order valence-electron chi connectivity index (χ0n) is 14.8. The molecule has 2 aromatic rings. The average Bonchev–Trinajstić information content (AvgIpc) is 3.50. The zero-order chi connectivity index (χ0) is 17.6. The molecule has 1 unspecified atom stereocenters. The second-order valence-corrected chi connectivity index (χ2v) is 6.50. The van der Waals surface area contributed by atoms with Crippen LogP contribution in [0.1, 0.15) is 36.4 Å². The van der Waals surface area contributed by atoms with Crippen LogP contribution in [0.2, 0.25) is 0 Å². The van der Waals surface area contributed by atoms with Crippen LogP contribution in [0.15, 0.2) is 48.5 Å². The summed E-state index contributed by atoms with van der Waals surface area (Å²) >= 11 is 0. The van der Waals surface area contributed by atoms with E-state index in [0.29, 0.717) is 12.3 Å². The van der Waals surface area contributed by atoms with Gasteiger partial charge in [-0.05, 0) is 60.6 Å². The number of methoxy groups -OCH3 is 2. The van der Waals surface area contributed by atoms with Gasteiger partial charge in [-0.3, -0.25) is 4.79 Å². The minimum atomic E-state index is 0.100. The molecule has 0 radical (unpaired) electrons. The van der Waals surface area contributed by atoms with E-state index >= 15 is 0 Å². The van der Waals surface area contributed by atoms with Crippen molar-refractivity contribution in [3.8, 4) is 11.5 Å². The van der Waals surface area contributed by atoms with Gasteiger partial charge in [-0.15, -0.1) is 0 Å². The Morgan fingerprint density at radius 1 is 1.00 bits per heavy atom. The maximum Gasteiger partial charge on any atom is 0.220 e. The number of benzene rings is 2. The molecule has 0 spiro atoms. The molecule has 1 fully saturated rings. The standard InChI is InChI=1S/C21H25NO3/c1-24-18-10-3-15(4-11-18)5-14-20(23)22-21(16-6-7-16)17-8-12-19(25-2)13-9-17/h3-4,8-13,16,21H,5-7,14H2,1-2H3,(H,22,23). The zero-order valence-corrected chi connectivity index (χ0v) is 14.8. The van der Waals surface area contributed by atoms with Crippen molar-refractivity contribution < 1.29 is 14.3 Å². The second-order valence-electron chi connectivity index (χ2n) is 6.50. The van der Waals surface area contributed by atoms with Gasteiger partial charge in [-0.25, -0.2) is 0 Å². The highest BCUT2D eigenvalue weighted by molar-refractivity contribution is 5.76. The summed E-state index contributed by atoms with van der Waals surface area (Å²) in [5, 5.41) is 3.22. The van der Waals surface area contributed by atoms with Gasteiger partial charge in [-0.1, -0.05) is 24.3 Å². The van der Waals surface area contributed by atoms with Crippen LogP contribution in [0.3, 0.4) is 0 Å². The number of aryl methyl sites for hydroxylation is 1. The molecule has 25 heavy (non-hydrogen) atoms. The van der Waals surface area contributed by atoms with Crippen LogP contribution >= 0.6 is 0 Å². The molecule has 4 heteroatoms. The SMILES string of the molecule is COc1ccc(CCC(=O)NC(c2ccc(OC)cc2)C2CC2)cc1. The molecule has 3 rings (SSSR count). The Labute approximate surface area is 149 Å². The van der Waals surface area contributed by atoms with Crippen LogP contribution in [0, 0.1) is 5.92 Å². The van der Waals surface area contributed by atoms with Crippen molar-refractivity contribution in [3.63, 3.8) is 0 Å². The lowest BCUT2D eigenvalue weighted by Gasteiger charge is -2.19. The lowest BCUT2D eigenvalue weighted by atomic mass is 10.0. The molecule has 1 aliphatic rings. The first kappa shape index (κ1) is 17.3. The van der Waals surface area contributed by atoms with E-state index in [0.717, 1.165) is 29.0 Å². The molecule has 1 amide bonds. The summed E-state index contributed by atoms with van der Waals surface area (Å²) in [6, 6.07) is 16.0. The third kappa shape index (κ3) is 4.75. The molecule has 1 saturated carbocycles. The molecule has 2 aromatic carbocycles. The van der Waals surface area contributed by atoms with E-state index in [4.69, 9.17) is 9.47 Å². The number of ether oxygens (including phenoxy) is 2. The van der Waals surface area contributed by atoms with E-state index in [9.17, 15) is 4.79 Å². The highest BCUT2D eigenvalue weighted by Gasteiger charge is 2.33. The van der Waals surface area contributed by atoms with E-state index in [-0.39, 0.29) is 11.9 Å². The summed E-state index contributed by atoms with van der Waals surface area (Å²) in [6.45, 7) is 0. The number of carbonyl (C=O) groups excluding carboxylic acids is 1. The van der Waals surface area contributed by atoms with Crippen LogP contribution in [0.25, 0.3) is 0 Å². The van der Waals surface area contributed by atoms with Gasteiger partial charge in [0.1, 0.15) is 11.5 Å². The molecule has 0 bridgehead atoms. The fourth-order valence-electron chi connectivity index (χ4n) is 3.01. The van der Waals surface area contributed by atoms with Gasteiger partial charge >= 0.3 is 0 Å². The first-order chi connectivity index (χ1) is 12.2. The smallest absolute Gasteiger partial charge is 0.220 e. The van der Waals surface area contributed by atoms with Gasteiger partial charge in [0, 0.05) is 6.42 Å². The lowest BCUT2D eigenvalue weighted by molar-refractivity contribution is -0.122. The Morgan fingerprint density at radius 3 is 2.08 bits per heavy atom. The Balaban J connectivity index is 1.56. The van der Waals surface area contributed by atoms with Crippen molar-refractivity contribution in [1.82, 2.24) is 5.32 Å². The van der Waals surface area contributed by atoms with Gasteiger partial charge in [-0.2, -0.15) is 0 Å². The minimum absolute atomic E-state index is 0.100. The van der Waals surface area contributed by atoms with Crippen molar-refractivity contribution in [2.75, 3.05) is 14.2 Å². The minimum Gasteiger partial charge on any atom is -0.497 e. The first-order valence-corrected chi connectivity index (χ1v) is 8.76.